The number of fused-ring (bicyclic) bond motifs is 1. The molecule has 2 heterocycles. The molecule has 2 unspecified atom stereocenters. The summed E-state index contributed by atoms with van der Waals surface area (Å²) in [6, 6.07) is 6.17. The van der Waals surface area contributed by atoms with Crippen molar-refractivity contribution in [3.05, 3.63) is 82.7 Å². The van der Waals surface area contributed by atoms with E-state index in [1.54, 1.807) is 11.3 Å². The van der Waals surface area contributed by atoms with Crippen LogP contribution >= 0.6 is 11.3 Å². The van der Waals surface area contributed by atoms with Crippen molar-refractivity contribution in [1.82, 2.24) is 20.1 Å². The number of hydrogen-bond acceptors (Lipinski definition) is 4. The van der Waals surface area contributed by atoms with Crippen molar-refractivity contribution in [2.75, 3.05) is 6.61 Å². The Morgan fingerprint density at radius 1 is 1.19 bits per heavy atom. The Morgan fingerprint density at radius 2 is 1.92 bits per heavy atom. The smallest absolute Gasteiger partial charge is 0.203 e. The fourth-order valence-electron chi connectivity index (χ4n) is 3.94. The van der Waals surface area contributed by atoms with Crippen molar-refractivity contribution in [3.63, 3.8) is 0 Å². The molecule has 0 radical (unpaired) electrons. The van der Waals surface area contributed by atoms with E-state index < -0.39 is 29.0 Å². The van der Waals surface area contributed by atoms with Gasteiger partial charge in [0, 0.05) is 24.8 Å². The van der Waals surface area contributed by atoms with E-state index in [1.165, 1.54) is 0 Å². The minimum atomic E-state index is -1.56. The first-order valence-electron chi connectivity index (χ1n) is 11.7. The molecule has 0 amide bonds. The number of rotatable bonds is 12. The van der Waals surface area contributed by atoms with Gasteiger partial charge >= 0.3 is 0 Å². The number of nitrogens with one attached hydrogen (secondary N) is 2. The van der Waals surface area contributed by atoms with Crippen LogP contribution in [-0.4, -0.2) is 21.4 Å². The topological polar surface area (TPSA) is 54.9 Å². The Balaban J connectivity index is 1.38. The molecule has 2 atom stereocenters. The second-order valence-electron chi connectivity index (χ2n) is 8.76. The summed E-state index contributed by atoms with van der Waals surface area (Å²) in [5.74, 6) is -7.23. The molecule has 192 valence electrons. The van der Waals surface area contributed by atoms with Gasteiger partial charge in [-0.2, -0.15) is 8.78 Å². The Bertz CT molecular complexity index is 1310. The lowest BCUT2D eigenvalue weighted by molar-refractivity contribution is 0.277. The molecule has 0 aliphatic rings. The summed E-state index contributed by atoms with van der Waals surface area (Å²) >= 11 is 1.61. The molecule has 0 aliphatic heterocycles. The van der Waals surface area contributed by atoms with E-state index in [2.05, 4.69) is 41.0 Å². The highest BCUT2D eigenvalue weighted by atomic mass is 32.1. The molecule has 0 saturated carbocycles. The molecule has 4 rings (SSSR count). The maximum absolute atomic E-state index is 14.0. The van der Waals surface area contributed by atoms with Crippen molar-refractivity contribution in [2.45, 2.75) is 51.7 Å². The predicted molar refractivity (Wildman–Crippen MR) is 133 cm³/mol. The van der Waals surface area contributed by atoms with E-state index >= 15 is 0 Å². The Morgan fingerprint density at radius 3 is 2.61 bits per heavy atom. The zero-order valence-corrected chi connectivity index (χ0v) is 20.9. The highest BCUT2D eigenvalue weighted by Gasteiger charge is 2.23. The zero-order valence-electron chi connectivity index (χ0n) is 20.1. The first kappa shape index (κ1) is 26.0. The van der Waals surface area contributed by atoms with Gasteiger partial charge in [-0.05, 0) is 36.6 Å². The first-order chi connectivity index (χ1) is 17.3. The summed E-state index contributed by atoms with van der Waals surface area (Å²) in [5.41, 5.74) is 5.49. The first-order valence-corrected chi connectivity index (χ1v) is 12.6. The summed E-state index contributed by atoms with van der Waals surface area (Å²) in [6.45, 7) is 8.51. The minimum absolute atomic E-state index is 0.0493. The third kappa shape index (κ3) is 5.65. The number of hydrogen-bond donors (Lipinski definition) is 2. The van der Waals surface area contributed by atoms with Crippen LogP contribution in [0, 0.1) is 23.3 Å². The van der Waals surface area contributed by atoms with Crippen LogP contribution in [-0.2, 0) is 6.54 Å². The monoisotopic (exact) mass is 520 g/mol. The van der Waals surface area contributed by atoms with Crippen LogP contribution in [0.5, 0.6) is 5.75 Å². The Hall–Kier alpha value is -3.11. The number of nitrogens with zero attached hydrogens (tertiary/aromatic N) is 2. The van der Waals surface area contributed by atoms with Crippen LogP contribution in [0.4, 0.5) is 17.6 Å². The van der Waals surface area contributed by atoms with E-state index in [1.807, 2.05) is 29.4 Å². The largest absolute Gasteiger partial charge is 0.483 e. The molecule has 2 aromatic carbocycles. The number of thiazole rings is 1. The second-order valence-corrected chi connectivity index (χ2v) is 9.65. The van der Waals surface area contributed by atoms with E-state index in [9.17, 15) is 17.6 Å². The molecular formula is C26H28F4N4OS. The lowest BCUT2D eigenvalue weighted by Gasteiger charge is -2.29. The molecule has 0 aliphatic carbocycles. The van der Waals surface area contributed by atoms with Crippen LogP contribution in [0.2, 0.25) is 0 Å². The molecule has 2 N–H and O–H groups in total. The van der Waals surface area contributed by atoms with Crippen LogP contribution in [0.1, 0.15) is 56.5 Å². The minimum Gasteiger partial charge on any atom is -0.483 e. The number of unbranched alkanes of at least 4 members (excludes halogenated alkanes) is 1. The van der Waals surface area contributed by atoms with Gasteiger partial charge in [0.1, 0.15) is 6.61 Å². The highest BCUT2D eigenvalue weighted by molar-refractivity contribution is 7.16. The fraction of sp³-hybridized carbons (Fsp3) is 0.346. The van der Waals surface area contributed by atoms with Gasteiger partial charge in [0.05, 0.1) is 27.5 Å². The molecule has 0 fully saturated rings. The van der Waals surface area contributed by atoms with Crippen molar-refractivity contribution in [3.8, 4) is 5.75 Å². The highest BCUT2D eigenvalue weighted by Crippen LogP contribution is 2.30. The quantitative estimate of drug-likeness (QED) is 0.118. The SMILES string of the molecule is C=C(COc1c(F)c(F)cc(F)c1F)C(CCCC)n1cc(C(C)NCc2ccc3ncsc3c2)[nH]1. The van der Waals surface area contributed by atoms with Gasteiger partial charge in [-0.3, -0.25) is 9.78 Å². The number of aromatic nitrogens is 3. The summed E-state index contributed by atoms with van der Waals surface area (Å²) in [4.78, 5) is 4.30. The third-order valence-corrected chi connectivity index (χ3v) is 6.91. The standard InChI is InChI=1S/C26H28F4N4OS/c1-4-5-6-22(15(2)13-35-26-24(29)18(27)10-19(28)25(26)30)34-12-21(33-34)16(3)31-11-17-7-8-20-23(9-17)36-14-32-20/h7-10,12,14,16,22,31,33H,2,4-6,11,13H2,1,3H3. The molecule has 0 saturated heterocycles. The Kier molecular flexibility index (Phi) is 8.15. The number of benzene rings is 2. The number of H-pyrrole nitrogens is 1. The average Bonchev–Trinajstić information content (AvgIpc) is 3.30. The lowest BCUT2D eigenvalue weighted by atomic mass is 10.0. The summed E-state index contributed by atoms with van der Waals surface area (Å²) in [5, 5.41) is 6.79. The maximum Gasteiger partial charge on any atom is 0.203 e. The number of ether oxygens (including phenoxy) is 1. The summed E-state index contributed by atoms with van der Waals surface area (Å²) < 4.78 is 63.0. The number of halogens is 4. The van der Waals surface area contributed by atoms with E-state index in [0.29, 0.717) is 18.5 Å². The molecule has 2 aromatic heterocycles. The zero-order chi connectivity index (χ0) is 25.8. The van der Waals surface area contributed by atoms with Crippen molar-refractivity contribution >= 4 is 21.6 Å². The van der Waals surface area contributed by atoms with Crippen molar-refractivity contribution in [2.24, 2.45) is 0 Å². The van der Waals surface area contributed by atoms with Crippen LogP contribution in [0.25, 0.3) is 10.2 Å². The van der Waals surface area contributed by atoms with Gasteiger partial charge in [-0.25, -0.2) is 13.8 Å². The van der Waals surface area contributed by atoms with Crippen LogP contribution in [0.15, 0.2) is 48.1 Å². The second kappa shape index (κ2) is 11.3. The van der Waals surface area contributed by atoms with Gasteiger partial charge in [0.25, 0.3) is 0 Å². The van der Waals surface area contributed by atoms with Gasteiger partial charge in [-0.15, -0.1) is 11.3 Å². The third-order valence-electron chi connectivity index (χ3n) is 6.12. The van der Waals surface area contributed by atoms with Gasteiger partial charge in [-0.1, -0.05) is 32.4 Å². The molecular weight excluding hydrogens is 492 g/mol. The fourth-order valence-corrected chi connectivity index (χ4v) is 4.68. The summed E-state index contributed by atoms with van der Waals surface area (Å²) in [6.07, 6.45) is 4.50. The van der Waals surface area contributed by atoms with Gasteiger partial charge in [0.15, 0.2) is 17.4 Å². The van der Waals surface area contributed by atoms with Gasteiger partial charge < -0.3 is 10.1 Å². The molecule has 5 nitrogen and oxygen atoms in total. The van der Waals surface area contributed by atoms with Crippen molar-refractivity contribution in [1.29, 1.82) is 0 Å². The molecule has 0 spiro atoms. The van der Waals surface area contributed by atoms with Crippen LogP contribution < -0.4 is 10.1 Å². The maximum atomic E-state index is 14.0. The molecule has 10 heteroatoms. The Labute approximate surface area is 210 Å². The molecule has 36 heavy (non-hydrogen) atoms. The summed E-state index contributed by atoms with van der Waals surface area (Å²) in [7, 11) is 0. The normalized spacial score (nSPS) is 13.3. The van der Waals surface area contributed by atoms with E-state index in [4.69, 9.17) is 4.74 Å². The lowest BCUT2D eigenvalue weighted by Crippen LogP contribution is -2.28. The number of aromatic amines is 1. The van der Waals surface area contributed by atoms with E-state index in [-0.39, 0.29) is 24.8 Å². The average molecular weight is 521 g/mol. The molecule has 4 aromatic rings. The van der Waals surface area contributed by atoms with E-state index in [0.717, 1.165) is 34.3 Å². The van der Waals surface area contributed by atoms with Crippen molar-refractivity contribution < 1.29 is 22.3 Å². The van der Waals surface area contributed by atoms with Gasteiger partial charge in [0.2, 0.25) is 11.6 Å². The van der Waals surface area contributed by atoms with Crippen LogP contribution in [0.3, 0.4) is 0 Å². The molecule has 0 bridgehead atoms. The predicted octanol–water partition coefficient (Wildman–Crippen LogP) is 7.20.